The number of hydrogen-bond donors (Lipinski definition) is 1. The third-order valence-electron chi connectivity index (χ3n) is 4.94. The fourth-order valence-electron chi connectivity index (χ4n) is 3.53. The second kappa shape index (κ2) is 5.76. The molecule has 3 rings (SSSR count). The van der Waals surface area contributed by atoms with E-state index < -0.39 is 29.7 Å². The van der Waals surface area contributed by atoms with Crippen molar-refractivity contribution >= 4 is 11.9 Å². The van der Waals surface area contributed by atoms with Gasteiger partial charge in [-0.25, -0.2) is 4.79 Å². The molecule has 2 fully saturated rings. The predicted molar refractivity (Wildman–Crippen MR) is 80.4 cm³/mol. The van der Waals surface area contributed by atoms with Crippen molar-refractivity contribution in [1.29, 1.82) is 0 Å². The lowest BCUT2D eigenvalue weighted by Crippen LogP contribution is -2.36. The molecule has 5 atom stereocenters. The van der Waals surface area contributed by atoms with E-state index >= 15 is 0 Å². The standard InChI is InChI=1S/C17H22O6/c1-9-13-12(22-16(9)20)7-11(8-21-10(2)18)5-4-6-17(3)15(23-17)14(13)19/h5,12-15,19H,1,4,6-8H2,2-3H3. The third-order valence-corrected chi connectivity index (χ3v) is 4.94. The van der Waals surface area contributed by atoms with Gasteiger partial charge in [0.15, 0.2) is 0 Å². The van der Waals surface area contributed by atoms with Crippen molar-refractivity contribution in [3.05, 3.63) is 23.8 Å². The summed E-state index contributed by atoms with van der Waals surface area (Å²) in [5.41, 5.74) is 0.774. The van der Waals surface area contributed by atoms with Crippen LogP contribution in [0.4, 0.5) is 0 Å². The molecule has 0 spiro atoms. The average Bonchev–Trinajstić information content (AvgIpc) is 3.07. The second-order valence-corrected chi connectivity index (χ2v) is 6.72. The number of carbonyl (C=O) groups is 2. The van der Waals surface area contributed by atoms with E-state index in [9.17, 15) is 14.7 Å². The van der Waals surface area contributed by atoms with Crippen molar-refractivity contribution in [1.82, 2.24) is 0 Å². The Morgan fingerprint density at radius 1 is 1.57 bits per heavy atom. The van der Waals surface area contributed by atoms with E-state index in [2.05, 4.69) is 6.58 Å². The number of aliphatic hydroxyl groups excluding tert-OH is 1. The Hall–Kier alpha value is -1.66. The molecule has 3 aliphatic rings. The van der Waals surface area contributed by atoms with Crippen LogP contribution >= 0.6 is 0 Å². The summed E-state index contributed by atoms with van der Waals surface area (Å²) in [4.78, 5) is 22.9. The summed E-state index contributed by atoms with van der Waals surface area (Å²) in [5.74, 6) is -1.33. The molecule has 0 saturated carbocycles. The highest BCUT2D eigenvalue weighted by atomic mass is 16.6. The normalized spacial score (nSPS) is 39.7. The van der Waals surface area contributed by atoms with Crippen LogP contribution in [0.5, 0.6) is 0 Å². The lowest BCUT2D eigenvalue weighted by Gasteiger charge is -2.24. The van der Waals surface area contributed by atoms with Gasteiger partial charge in [0.1, 0.15) is 18.8 Å². The van der Waals surface area contributed by atoms with Gasteiger partial charge in [-0.1, -0.05) is 12.7 Å². The summed E-state index contributed by atoms with van der Waals surface area (Å²) < 4.78 is 16.2. The number of allylic oxidation sites excluding steroid dienone is 1. The van der Waals surface area contributed by atoms with Crippen molar-refractivity contribution in [3.8, 4) is 0 Å². The number of ether oxygens (including phenoxy) is 3. The predicted octanol–water partition coefficient (Wildman–Crippen LogP) is 1.28. The molecule has 6 heteroatoms. The number of rotatable bonds is 2. The molecule has 5 unspecified atom stereocenters. The molecule has 0 aromatic rings. The van der Waals surface area contributed by atoms with Crippen LogP contribution in [0.3, 0.4) is 0 Å². The van der Waals surface area contributed by atoms with E-state index in [0.29, 0.717) is 6.42 Å². The molecule has 0 radical (unpaired) electrons. The first-order valence-corrected chi connectivity index (χ1v) is 7.89. The van der Waals surface area contributed by atoms with E-state index in [-0.39, 0.29) is 24.3 Å². The molecule has 0 aromatic heterocycles. The van der Waals surface area contributed by atoms with Crippen LogP contribution in [0.1, 0.15) is 33.1 Å². The molecule has 2 saturated heterocycles. The maximum Gasteiger partial charge on any atom is 0.334 e. The molecular weight excluding hydrogens is 300 g/mol. The quantitative estimate of drug-likeness (QED) is 0.357. The van der Waals surface area contributed by atoms with Crippen molar-refractivity contribution in [2.45, 2.75) is 57.0 Å². The first-order valence-electron chi connectivity index (χ1n) is 7.89. The molecule has 0 amide bonds. The van der Waals surface area contributed by atoms with Crippen LogP contribution in [-0.2, 0) is 23.8 Å². The fraction of sp³-hybridized carbons (Fsp3) is 0.647. The zero-order valence-electron chi connectivity index (χ0n) is 13.4. The van der Waals surface area contributed by atoms with Crippen LogP contribution in [0.25, 0.3) is 0 Å². The van der Waals surface area contributed by atoms with Gasteiger partial charge in [0.25, 0.3) is 0 Å². The van der Waals surface area contributed by atoms with Crippen LogP contribution in [0, 0.1) is 5.92 Å². The van der Waals surface area contributed by atoms with E-state index in [1.165, 1.54) is 6.92 Å². The van der Waals surface area contributed by atoms with Crippen molar-refractivity contribution in [3.63, 3.8) is 0 Å². The topological polar surface area (TPSA) is 85.4 Å². The lowest BCUT2D eigenvalue weighted by molar-refractivity contribution is -0.142. The van der Waals surface area contributed by atoms with E-state index in [0.717, 1.165) is 18.4 Å². The van der Waals surface area contributed by atoms with Gasteiger partial charge in [-0.2, -0.15) is 0 Å². The summed E-state index contributed by atoms with van der Waals surface area (Å²) in [7, 11) is 0. The maximum absolute atomic E-state index is 11.9. The summed E-state index contributed by atoms with van der Waals surface area (Å²) in [5, 5.41) is 10.6. The van der Waals surface area contributed by atoms with Gasteiger partial charge < -0.3 is 19.3 Å². The Labute approximate surface area is 135 Å². The molecule has 2 aliphatic heterocycles. The van der Waals surface area contributed by atoms with Gasteiger partial charge in [0.05, 0.1) is 17.6 Å². The SMILES string of the molecule is C=C1C(=O)OC2CC(COC(C)=O)=CCCC3(C)OC3C(O)C12. The highest BCUT2D eigenvalue weighted by Crippen LogP contribution is 2.48. The highest BCUT2D eigenvalue weighted by Gasteiger charge is 2.60. The first kappa shape index (κ1) is 16.2. The molecule has 0 bridgehead atoms. The van der Waals surface area contributed by atoms with Crippen molar-refractivity contribution < 1.29 is 28.9 Å². The number of aliphatic hydroxyl groups is 1. The third kappa shape index (κ3) is 3.05. The Bertz CT molecular complexity index is 580. The van der Waals surface area contributed by atoms with Crippen molar-refractivity contribution in [2.75, 3.05) is 6.61 Å². The average molecular weight is 322 g/mol. The number of hydrogen-bond acceptors (Lipinski definition) is 6. The number of fused-ring (bicyclic) bond motifs is 2. The monoisotopic (exact) mass is 322 g/mol. The van der Waals surface area contributed by atoms with E-state index in [1.807, 2.05) is 13.0 Å². The Kier molecular flexibility index (Phi) is 4.06. The zero-order valence-corrected chi connectivity index (χ0v) is 13.4. The lowest BCUT2D eigenvalue weighted by atomic mass is 9.82. The molecule has 0 aromatic carbocycles. The summed E-state index contributed by atoms with van der Waals surface area (Å²) in [6.45, 7) is 7.25. The summed E-state index contributed by atoms with van der Waals surface area (Å²) in [6, 6.07) is 0. The Morgan fingerprint density at radius 3 is 3.00 bits per heavy atom. The minimum atomic E-state index is -0.822. The molecule has 1 aliphatic carbocycles. The number of epoxide rings is 1. The van der Waals surface area contributed by atoms with Gasteiger partial charge in [-0.05, 0) is 25.3 Å². The van der Waals surface area contributed by atoms with Crippen molar-refractivity contribution in [2.24, 2.45) is 5.92 Å². The fourth-order valence-corrected chi connectivity index (χ4v) is 3.53. The van der Waals surface area contributed by atoms with Crippen LogP contribution in [-0.4, -0.2) is 47.6 Å². The smallest absolute Gasteiger partial charge is 0.334 e. The maximum atomic E-state index is 11.9. The van der Waals surface area contributed by atoms with Gasteiger partial charge >= 0.3 is 11.9 Å². The second-order valence-electron chi connectivity index (χ2n) is 6.72. The van der Waals surface area contributed by atoms with Crippen LogP contribution in [0.2, 0.25) is 0 Å². The molecule has 2 heterocycles. The van der Waals surface area contributed by atoms with E-state index in [1.54, 1.807) is 0 Å². The van der Waals surface area contributed by atoms with Gasteiger partial charge in [-0.3, -0.25) is 4.79 Å². The minimum absolute atomic E-state index is 0.166. The Morgan fingerprint density at radius 2 is 2.30 bits per heavy atom. The molecule has 126 valence electrons. The summed E-state index contributed by atoms with van der Waals surface area (Å²) in [6.07, 6.45) is 2.32. The van der Waals surface area contributed by atoms with Gasteiger partial charge in [0.2, 0.25) is 0 Å². The van der Waals surface area contributed by atoms with Crippen LogP contribution in [0.15, 0.2) is 23.8 Å². The molecule has 1 N–H and O–H groups in total. The van der Waals surface area contributed by atoms with Gasteiger partial charge in [0, 0.05) is 18.9 Å². The number of esters is 2. The zero-order chi connectivity index (χ0) is 16.8. The largest absolute Gasteiger partial charge is 0.461 e. The van der Waals surface area contributed by atoms with Crippen LogP contribution < -0.4 is 0 Å². The molecule has 6 nitrogen and oxygen atoms in total. The summed E-state index contributed by atoms with van der Waals surface area (Å²) >= 11 is 0. The number of carbonyl (C=O) groups excluding carboxylic acids is 2. The minimum Gasteiger partial charge on any atom is -0.461 e. The highest BCUT2D eigenvalue weighted by molar-refractivity contribution is 5.91. The molecular formula is C17H22O6. The first-order chi connectivity index (χ1) is 10.8. The van der Waals surface area contributed by atoms with Gasteiger partial charge in [-0.15, -0.1) is 0 Å². The van der Waals surface area contributed by atoms with E-state index in [4.69, 9.17) is 14.2 Å². The Balaban J connectivity index is 1.85. The molecule has 23 heavy (non-hydrogen) atoms.